The summed E-state index contributed by atoms with van der Waals surface area (Å²) in [6.45, 7) is 0. The predicted molar refractivity (Wildman–Crippen MR) is 15.6 cm³/mol. The molecule has 0 aromatic heterocycles. The van der Waals surface area contributed by atoms with Crippen molar-refractivity contribution in [2.75, 3.05) is 0 Å². The molecule has 0 aliphatic carbocycles. The monoisotopic (exact) mass is 197 g/mol. The van der Waals surface area contributed by atoms with Gasteiger partial charge in [-0.05, 0) is 0 Å². The topological polar surface area (TPSA) is 23.8 Å². The molecule has 0 aliphatic rings. The van der Waals surface area contributed by atoms with E-state index >= 15 is 0 Å². The SMILES string of the molecule is [BH3-]C#N.[Cl-].[Cl-].[Na+].[Zn+2]. The molecule has 1 nitrogen and oxygen atoms in total. The molecule has 0 aromatic rings. The fraction of sp³-hybridized carbons (Fsp3) is 0. The molecule has 0 fully saturated rings. The van der Waals surface area contributed by atoms with E-state index in [1.165, 1.54) is 0 Å². The molecule has 0 aromatic carbocycles. The molecule has 0 heterocycles. The number of nitrogens with zero attached hydrogens (tertiary/aromatic N) is 1. The first-order valence-electron chi connectivity index (χ1n) is 0.224. The zero-order valence-electron chi connectivity index (χ0n) is 3.41. The number of rotatable bonds is 0. The minimum absolute atomic E-state index is 0. The van der Waals surface area contributed by atoms with Crippen LogP contribution in [-0.4, -0.2) is 7.85 Å². The molecule has 7 heavy (non-hydrogen) atoms. The Morgan fingerprint density at radius 1 is 1.29 bits per heavy atom. The standard InChI is InChI=1S/CH3BN.2ClH.Na.Zn/c2-1-3;;;;/h2H3;2*1H;;/q-1;;;+1;+2/p-2. The van der Waals surface area contributed by atoms with Gasteiger partial charge in [-0.1, -0.05) is 0 Å². The summed E-state index contributed by atoms with van der Waals surface area (Å²) >= 11 is 0. The second-order valence-corrected chi connectivity index (χ2v) is 0. The van der Waals surface area contributed by atoms with Crippen LogP contribution in [-0.2, 0) is 19.5 Å². The van der Waals surface area contributed by atoms with Crippen molar-refractivity contribution < 1.29 is 73.8 Å². The predicted octanol–water partition coefficient (Wildman–Crippen LogP) is -10.2. The van der Waals surface area contributed by atoms with Crippen molar-refractivity contribution in [3.05, 3.63) is 0 Å². The first-order chi connectivity index (χ1) is 1.41. The zero-order chi connectivity index (χ0) is 2.71. The van der Waals surface area contributed by atoms with Gasteiger partial charge in [0, 0.05) is 0 Å². The van der Waals surface area contributed by atoms with Crippen molar-refractivity contribution >= 4 is 7.85 Å². The third-order valence-electron chi connectivity index (χ3n) is 0. The number of hydrogen-bond donors (Lipinski definition) is 0. The van der Waals surface area contributed by atoms with Crippen molar-refractivity contribution in [2.45, 2.75) is 0 Å². The average Bonchev–Trinajstić information content (AvgIpc) is 0.918. The van der Waals surface area contributed by atoms with Gasteiger partial charge in [-0.2, -0.15) is 5.97 Å². The zero-order valence-corrected chi connectivity index (χ0v) is 9.89. The minimum Gasteiger partial charge on any atom is -1.00 e. The van der Waals surface area contributed by atoms with Gasteiger partial charge in [-0.25, -0.2) is 0 Å². The van der Waals surface area contributed by atoms with Crippen LogP contribution in [0.3, 0.4) is 0 Å². The Morgan fingerprint density at radius 2 is 1.29 bits per heavy atom. The molecule has 0 saturated heterocycles. The molecule has 0 aliphatic heterocycles. The molecule has 0 unspecified atom stereocenters. The van der Waals surface area contributed by atoms with Gasteiger partial charge in [-0.3, -0.25) is 5.26 Å². The maximum Gasteiger partial charge on any atom is 2.00 e. The van der Waals surface area contributed by atoms with Crippen molar-refractivity contribution in [1.82, 2.24) is 0 Å². The Morgan fingerprint density at radius 3 is 1.29 bits per heavy atom. The van der Waals surface area contributed by atoms with Crippen molar-refractivity contribution in [3.8, 4) is 5.97 Å². The molecule has 0 spiro atoms. The summed E-state index contributed by atoms with van der Waals surface area (Å²) in [5.41, 5.74) is 0. The molecule has 0 saturated carbocycles. The third kappa shape index (κ3) is 83.2. The molecule has 0 atom stereocenters. The normalized spacial score (nSPS) is 1.14. The maximum atomic E-state index is 7.43. The van der Waals surface area contributed by atoms with Gasteiger partial charge in [0.25, 0.3) is 0 Å². The second kappa shape index (κ2) is 46.6. The van der Waals surface area contributed by atoms with Crippen LogP contribution >= 0.6 is 0 Å². The van der Waals surface area contributed by atoms with Crippen LogP contribution in [0.5, 0.6) is 0 Å². The largest absolute Gasteiger partial charge is 2.00 e. The molecule has 6 heteroatoms. The molecule has 0 N–H and O–H groups in total. The van der Waals surface area contributed by atoms with Gasteiger partial charge >= 0.3 is 49.0 Å². The summed E-state index contributed by atoms with van der Waals surface area (Å²) in [5, 5.41) is 7.43. The third-order valence-corrected chi connectivity index (χ3v) is 0. The van der Waals surface area contributed by atoms with E-state index in [1.54, 1.807) is 0 Å². The molecular weight excluding hydrogens is 196 g/mol. The van der Waals surface area contributed by atoms with E-state index in [0.29, 0.717) is 0 Å². The smallest absolute Gasteiger partial charge is 1.00 e. The van der Waals surface area contributed by atoms with Crippen LogP contribution < -0.4 is 54.4 Å². The molecule has 0 radical (unpaired) electrons. The van der Waals surface area contributed by atoms with Crippen LogP contribution in [0.4, 0.5) is 0 Å². The Hall–Kier alpha value is 1.76. The maximum absolute atomic E-state index is 7.43. The molecular formula is CH3BCl2NNaZn. The van der Waals surface area contributed by atoms with E-state index in [9.17, 15) is 0 Å². The Labute approximate surface area is 91.9 Å². The number of nitriles is 1. The fourth-order valence-electron chi connectivity index (χ4n) is 0. The van der Waals surface area contributed by atoms with Gasteiger partial charge < -0.3 is 24.8 Å². The van der Waals surface area contributed by atoms with Crippen LogP contribution in [0.2, 0.25) is 0 Å². The van der Waals surface area contributed by atoms with E-state index in [1.807, 2.05) is 5.97 Å². The van der Waals surface area contributed by atoms with Gasteiger partial charge in [0.2, 0.25) is 0 Å². The van der Waals surface area contributed by atoms with Crippen molar-refractivity contribution in [2.24, 2.45) is 0 Å². The van der Waals surface area contributed by atoms with Crippen LogP contribution in [0.25, 0.3) is 0 Å². The average molecular weight is 199 g/mol. The van der Waals surface area contributed by atoms with Crippen LogP contribution in [0, 0.1) is 11.2 Å². The van der Waals surface area contributed by atoms with E-state index in [4.69, 9.17) is 5.26 Å². The summed E-state index contributed by atoms with van der Waals surface area (Å²) in [7, 11) is 0.0694. The van der Waals surface area contributed by atoms with Gasteiger partial charge in [0.15, 0.2) is 0 Å². The first-order valence-corrected chi connectivity index (χ1v) is 0.224. The molecule has 0 amide bonds. The summed E-state index contributed by atoms with van der Waals surface area (Å²) in [6.07, 6.45) is 0. The van der Waals surface area contributed by atoms with Gasteiger partial charge in [-0.15, -0.1) is 0 Å². The number of halogens is 2. The number of hydrogen-bond acceptors (Lipinski definition) is 1. The van der Waals surface area contributed by atoms with Gasteiger partial charge in [0.05, 0.1) is 7.85 Å². The molecule has 0 rings (SSSR count). The summed E-state index contributed by atoms with van der Waals surface area (Å²) in [6, 6.07) is 0. The van der Waals surface area contributed by atoms with Crippen molar-refractivity contribution in [1.29, 1.82) is 5.26 Å². The second-order valence-electron chi connectivity index (χ2n) is 0. The molecule has 0 bridgehead atoms. The Kier molecular flexibility index (Phi) is 248. The van der Waals surface area contributed by atoms with Crippen molar-refractivity contribution in [3.63, 3.8) is 0 Å². The van der Waals surface area contributed by atoms with E-state index < -0.39 is 0 Å². The van der Waals surface area contributed by atoms with Crippen LogP contribution in [0.15, 0.2) is 0 Å². The summed E-state index contributed by atoms with van der Waals surface area (Å²) in [4.78, 5) is 0. The van der Waals surface area contributed by atoms with Crippen LogP contribution in [0.1, 0.15) is 0 Å². The summed E-state index contributed by atoms with van der Waals surface area (Å²) < 4.78 is 0. The Bertz CT molecular complexity index is 39.2. The minimum atomic E-state index is 0. The van der Waals surface area contributed by atoms with E-state index in [2.05, 4.69) is 0 Å². The Balaban J connectivity index is -0.00000000333. The quantitative estimate of drug-likeness (QED) is 0.355. The molecule has 32 valence electrons. The van der Waals surface area contributed by atoms with E-state index in [0.717, 1.165) is 0 Å². The first kappa shape index (κ1) is 37.3. The fourth-order valence-corrected chi connectivity index (χ4v) is 0. The van der Waals surface area contributed by atoms with E-state index in [-0.39, 0.29) is 81.7 Å². The summed E-state index contributed by atoms with van der Waals surface area (Å²) in [5.74, 6) is 2.00. The van der Waals surface area contributed by atoms with Gasteiger partial charge in [0.1, 0.15) is 0 Å².